The number of likely N-dealkylation sites (tertiary alicyclic amines) is 1. The summed E-state index contributed by atoms with van der Waals surface area (Å²) in [4.78, 5) is 5.29. The molecule has 1 unspecified atom stereocenters. The van der Waals surface area contributed by atoms with Crippen LogP contribution in [0.3, 0.4) is 0 Å². The summed E-state index contributed by atoms with van der Waals surface area (Å²) in [6, 6.07) is 0.824. The van der Waals surface area contributed by atoms with Crippen LogP contribution in [0.15, 0.2) is 0 Å². The first kappa shape index (κ1) is 12.3. The van der Waals surface area contributed by atoms with Gasteiger partial charge in [0.2, 0.25) is 0 Å². The summed E-state index contributed by atoms with van der Waals surface area (Å²) in [7, 11) is 0. The van der Waals surface area contributed by atoms with Gasteiger partial charge in [-0.25, -0.2) is 0 Å². The van der Waals surface area contributed by atoms with Crippen molar-refractivity contribution in [2.45, 2.75) is 38.6 Å². The average Bonchev–Trinajstić information content (AvgIpc) is 2.75. The lowest BCUT2D eigenvalue weighted by Crippen LogP contribution is -2.45. The first-order chi connectivity index (χ1) is 7.90. The highest BCUT2D eigenvalue weighted by atomic mass is 16.5. The Kier molecular flexibility index (Phi) is 5.07. The van der Waals surface area contributed by atoms with Crippen molar-refractivity contribution in [1.29, 1.82) is 0 Å². The van der Waals surface area contributed by atoms with Crippen LogP contribution in [0, 0.1) is 0 Å². The Bertz CT molecular complexity index is 192. The minimum absolute atomic E-state index is 0.824. The maximum Gasteiger partial charge on any atom is 0.0594 e. The van der Waals surface area contributed by atoms with Crippen molar-refractivity contribution in [3.63, 3.8) is 0 Å². The molecular formula is C13H26N2O. The highest BCUT2D eigenvalue weighted by Crippen LogP contribution is 2.19. The summed E-state index contributed by atoms with van der Waals surface area (Å²) in [5.74, 6) is 0. The van der Waals surface area contributed by atoms with Gasteiger partial charge in [-0.3, -0.25) is 9.80 Å². The number of rotatable bonds is 5. The quantitative estimate of drug-likeness (QED) is 0.708. The van der Waals surface area contributed by atoms with Gasteiger partial charge < -0.3 is 4.74 Å². The fourth-order valence-corrected chi connectivity index (χ4v) is 2.84. The Labute approximate surface area is 99.7 Å². The van der Waals surface area contributed by atoms with E-state index >= 15 is 0 Å². The van der Waals surface area contributed by atoms with Crippen LogP contribution in [0.1, 0.15) is 32.6 Å². The largest absolute Gasteiger partial charge is 0.379 e. The van der Waals surface area contributed by atoms with Gasteiger partial charge in [0.15, 0.2) is 0 Å². The zero-order chi connectivity index (χ0) is 11.2. The molecule has 0 aromatic heterocycles. The summed E-state index contributed by atoms with van der Waals surface area (Å²) >= 11 is 0. The zero-order valence-electron chi connectivity index (χ0n) is 10.7. The number of ether oxygens (including phenoxy) is 1. The lowest BCUT2D eigenvalue weighted by atomic mass is 10.2. The van der Waals surface area contributed by atoms with E-state index in [0.717, 1.165) is 32.3 Å². The second kappa shape index (κ2) is 6.58. The van der Waals surface area contributed by atoms with E-state index in [1.807, 2.05) is 0 Å². The van der Waals surface area contributed by atoms with Gasteiger partial charge in [0, 0.05) is 25.7 Å². The fraction of sp³-hybridized carbons (Fsp3) is 1.00. The van der Waals surface area contributed by atoms with E-state index < -0.39 is 0 Å². The molecule has 3 heteroatoms. The molecule has 2 fully saturated rings. The first-order valence-corrected chi connectivity index (χ1v) is 6.94. The molecular weight excluding hydrogens is 200 g/mol. The third-order valence-corrected chi connectivity index (χ3v) is 3.87. The summed E-state index contributed by atoms with van der Waals surface area (Å²) < 4.78 is 5.40. The van der Waals surface area contributed by atoms with Crippen molar-refractivity contribution in [1.82, 2.24) is 9.80 Å². The summed E-state index contributed by atoms with van der Waals surface area (Å²) in [6.45, 7) is 10.3. The van der Waals surface area contributed by atoms with Gasteiger partial charge in [0.25, 0.3) is 0 Å². The lowest BCUT2D eigenvalue weighted by Gasteiger charge is -2.32. The predicted molar refractivity (Wildman–Crippen MR) is 66.8 cm³/mol. The monoisotopic (exact) mass is 226 g/mol. The van der Waals surface area contributed by atoms with Crippen molar-refractivity contribution < 1.29 is 4.74 Å². The highest BCUT2D eigenvalue weighted by molar-refractivity contribution is 4.82. The van der Waals surface area contributed by atoms with Gasteiger partial charge in [-0.05, 0) is 32.4 Å². The van der Waals surface area contributed by atoms with Crippen LogP contribution < -0.4 is 0 Å². The third-order valence-electron chi connectivity index (χ3n) is 3.87. The summed E-state index contributed by atoms with van der Waals surface area (Å²) in [5, 5.41) is 0. The maximum atomic E-state index is 5.40. The minimum Gasteiger partial charge on any atom is -0.379 e. The molecule has 0 aliphatic carbocycles. The summed E-state index contributed by atoms with van der Waals surface area (Å²) in [5.41, 5.74) is 0. The summed E-state index contributed by atoms with van der Waals surface area (Å²) in [6.07, 6.45) is 5.49. The SMILES string of the molecule is CCCCN1CCCC1CN1CCOCC1. The van der Waals surface area contributed by atoms with Crippen molar-refractivity contribution in [3.8, 4) is 0 Å². The van der Waals surface area contributed by atoms with Crippen molar-refractivity contribution in [2.24, 2.45) is 0 Å². The molecule has 3 nitrogen and oxygen atoms in total. The standard InChI is InChI=1S/C13H26N2O/c1-2-3-6-15-7-4-5-13(15)12-14-8-10-16-11-9-14/h13H,2-12H2,1H3. The lowest BCUT2D eigenvalue weighted by molar-refractivity contribution is 0.0267. The topological polar surface area (TPSA) is 15.7 Å². The minimum atomic E-state index is 0.824. The molecule has 2 aliphatic heterocycles. The molecule has 0 N–H and O–H groups in total. The molecule has 2 saturated heterocycles. The van der Waals surface area contributed by atoms with Gasteiger partial charge in [-0.15, -0.1) is 0 Å². The first-order valence-electron chi connectivity index (χ1n) is 6.94. The van der Waals surface area contributed by atoms with Crippen LogP contribution >= 0.6 is 0 Å². The van der Waals surface area contributed by atoms with Gasteiger partial charge in [0.1, 0.15) is 0 Å². The van der Waals surface area contributed by atoms with E-state index in [9.17, 15) is 0 Å². The molecule has 2 heterocycles. The number of hydrogen-bond acceptors (Lipinski definition) is 3. The molecule has 0 saturated carbocycles. The number of hydrogen-bond donors (Lipinski definition) is 0. The fourth-order valence-electron chi connectivity index (χ4n) is 2.84. The molecule has 2 rings (SSSR count). The Morgan fingerprint density at radius 1 is 1.19 bits per heavy atom. The van der Waals surface area contributed by atoms with Crippen LogP contribution in [0.5, 0.6) is 0 Å². The van der Waals surface area contributed by atoms with Gasteiger partial charge in [-0.1, -0.05) is 13.3 Å². The van der Waals surface area contributed by atoms with E-state index in [2.05, 4.69) is 16.7 Å². The van der Waals surface area contributed by atoms with E-state index in [1.54, 1.807) is 0 Å². The average molecular weight is 226 g/mol. The number of morpholine rings is 1. The Balaban J connectivity index is 1.73. The van der Waals surface area contributed by atoms with Crippen molar-refractivity contribution in [3.05, 3.63) is 0 Å². The molecule has 0 spiro atoms. The van der Waals surface area contributed by atoms with Crippen molar-refractivity contribution >= 4 is 0 Å². The smallest absolute Gasteiger partial charge is 0.0594 e. The Morgan fingerprint density at radius 3 is 2.75 bits per heavy atom. The van der Waals surface area contributed by atoms with E-state index in [0.29, 0.717) is 0 Å². The van der Waals surface area contributed by atoms with Crippen molar-refractivity contribution in [2.75, 3.05) is 45.9 Å². The molecule has 2 aliphatic rings. The molecule has 0 aromatic carbocycles. The highest BCUT2D eigenvalue weighted by Gasteiger charge is 2.26. The molecule has 16 heavy (non-hydrogen) atoms. The van der Waals surface area contributed by atoms with Crippen LogP contribution in [-0.2, 0) is 4.74 Å². The second-order valence-electron chi connectivity index (χ2n) is 5.10. The van der Waals surface area contributed by atoms with Crippen LogP contribution in [0.25, 0.3) is 0 Å². The normalized spacial score (nSPS) is 28.7. The molecule has 0 aromatic rings. The molecule has 1 atom stereocenters. The zero-order valence-corrected chi connectivity index (χ0v) is 10.7. The van der Waals surface area contributed by atoms with E-state index in [-0.39, 0.29) is 0 Å². The molecule has 0 bridgehead atoms. The molecule has 0 radical (unpaired) electrons. The van der Waals surface area contributed by atoms with Crippen LogP contribution in [0.2, 0.25) is 0 Å². The maximum absolute atomic E-state index is 5.40. The Hall–Kier alpha value is -0.120. The predicted octanol–water partition coefficient (Wildman–Crippen LogP) is 1.58. The van der Waals surface area contributed by atoms with Gasteiger partial charge in [-0.2, -0.15) is 0 Å². The van der Waals surface area contributed by atoms with Gasteiger partial charge in [0.05, 0.1) is 13.2 Å². The van der Waals surface area contributed by atoms with E-state index in [1.165, 1.54) is 45.3 Å². The van der Waals surface area contributed by atoms with Crippen LogP contribution in [-0.4, -0.2) is 61.8 Å². The van der Waals surface area contributed by atoms with Crippen LogP contribution in [0.4, 0.5) is 0 Å². The third kappa shape index (κ3) is 3.44. The second-order valence-corrected chi connectivity index (χ2v) is 5.10. The molecule has 0 amide bonds. The van der Waals surface area contributed by atoms with E-state index in [4.69, 9.17) is 4.74 Å². The number of nitrogens with zero attached hydrogens (tertiary/aromatic N) is 2. The molecule has 94 valence electrons. The number of unbranched alkanes of at least 4 members (excludes halogenated alkanes) is 1. The van der Waals surface area contributed by atoms with Gasteiger partial charge >= 0.3 is 0 Å². The Morgan fingerprint density at radius 2 is 2.00 bits per heavy atom.